The molecule has 0 radical (unpaired) electrons. The highest BCUT2D eigenvalue weighted by Gasteiger charge is 2.15. The largest absolute Gasteiger partial charge is 0.508 e. The summed E-state index contributed by atoms with van der Waals surface area (Å²) in [6, 6.07) is 4.61. The number of phenols is 1. The SMILES string of the molecule is COc1cc(OC)nc(NC(=O)c2ccc(O)cc2F)n1. The van der Waals surface area contributed by atoms with Gasteiger partial charge in [-0.1, -0.05) is 0 Å². The number of methoxy groups -OCH3 is 2. The highest BCUT2D eigenvalue weighted by Crippen LogP contribution is 2.19. The van der Waals surface area contributed by atoms with Gasteiger partial charge in [0.15, 0.2) is 0 Å². The second-order valence-electron chi connectivity index (χ2n) is 3.89. The van der Waals surface area contributed by atoms with Crippen molar-refractivity contribution in [2.24, 2.45) is 0 Å². The van der Waals surface area contributed by atoms with Crippen LogP contribution in [0, 0.1) is 5.82 Å². The fourth-order valence-electron chi connectivity index (χ4n) is 1.53. The lowest BCUT2D eigenvalue weighted by Crippen LogP contribution is -2.16. The fraction of sp³-hybridized carbons (Fsp3) is 0.154. The van der Waals surface area contributed by atoms with E-state index in [1.807, 2.05) is 0 Å². The van der Waals surface area contributed by atoms with E-state index in [1.165, 1.54) is 26.4 Å². The monoisotopic (exact) mass is 293 g/mol. The van der Waals surface area contributed by atoms with Gasteiger partial charge < -0.3 is 14.6 Å². The first-order chi connectivity index (χ1) is 10.0. The summed E-state index contributed by atoms with van der Waals surface area (Å²) < 4.78 is 23.5. The van der Waals surface area contributed by atoms with Crippen LogP contribution in [0.25, 0.3) is 0 Å². The Morgan fingerprint density at radius 2 is 1.81 bits per heavy atom. The van der Waals surface area contributed by atoms with Crippen molar-refractivity contribution in [2.45, 2.75) is 0 Å². The molecule has 1 amide bonds. The van der Waals surface area contributed by atoms with Crippen LogP contribution in [0.3, 0.4) is 0 Å². The Morgan fingerprint density at radius 1 is 1.19 bits per heavy atom. The predicted octanol–water partition coefficient (Wildman–Crippen LogP) is 1.59. The molecule has 8 heteroatoms. The Balaban J connectivity index is 2.26. The molecule has 0 aliphatic heterocycles. The van der Waals surface area contributed by atoms with Crippen LogP contribution < -0.4 is 14.8 Å². The first-order valence-electron chi connectivity index (χ1n) is 5.80. The smallest absolute Gasteiger partial charge is 0.261 e. The van der Waals surface area contributed by atoms with Crippen molar-refractivity contribution in [3.8, 4) is 17.5 Å². The molecule has 2 rings (SSSR count). The van der Waals surface area contributed by atoms with E-state index in [-0.39, 0.29) is 29.0 Å². The van der Waals surface area contributed by atoms with Crippen molar-refractivity contribution < 1.29 is 23.8 Å². The van der Waals surface area contributed by atoms with Crippen LogP contribution in [-0.2, 0) is 0 Å². The number of carbonyl (C=O) groups excluding carboxylic acids is 1. The Kier molecular flexibility index (Phi) is 4.17. The molecule has 1 aromatic carbocycles. The molecular formula is C13H12FN3O4. The first-order valence-corrected chi connectivity index (χ1v) is 5.80. The van der Waals surface area contributed by atoms with Crippen LogP contribution in [0.15, 0.2) is 24.3 Å². The second-order valence-corrected chi connectivity index (χ2v) is 3.89. The summed E-state index contributed by atoms with van der Waals surface area (Å²) in [5.41, 5.74) is -0.252. The zero-order chi connectivity index (χ0) is 15.4. The van der Waals surface area contributed by atoms with E-state index in [0.717, 1.165) is 12.1 Å². The highest BCUT2D eigenvalue weighted by molar-refractivity contribution is 6.03. The van der Waals surface area contributed by atoms with Gasteiger partial charge in [0, 0.05) is 6.07 Å². The average Bonchev–Trinajstić information content (AvgIpc) is 2.46. The number of hydrogen-bond donors (Lipinski definition) is 2. The van der Waals surface area contributed by atoms with Crippen molar-refractivity contribution in [1.82, 2.24) is 9.97 Å². The molecule has 1 heterocycles. The van der Waals surface area contributed by atoms with Crippen LogP contribution in [0.5, 0.6) is 17.5 Å². The molecule has 0 spiro atoms. The van der Waals surface area contributed by atoms with Gasteiger partial charge in [0.2, 0.25) is 17.7 Å². The molecule has 2 aromatic rings. The van der Waals surface area contributed by atoms with Crippen molar-refractivity contribution in [3.05, 3.63) is 35.6 Å². The molecule has 0 saturated heterocycles. The molecule has 110 valence electrons. The Labute approximate surface area is 119 Å². The highest BCUT2D eigenvalue weighted by atomic mass is 19.1. The average molecular weight is 293 g/mol. The van der Waals surface area contributed by atoms with Gasteiger partial charge in [-0.05, 0) is 12.1 Å². The van der Waals surface area contributed by atoms with Crippen molar-refractivity contribution in [3.63, 3.8) is 0 Å². The third kappa shape index (κ3) is 3.35. The molecule has 1 aromatic heterocycles. The van der Waals surface area contributed by atoms with Gasteiger partial charge in [-0.15, -0.1) is 0 Å². The maximum Gasteiger partial charge on any atom is 0.261 e. The second kappa shape index (κ2) is 6.04. The minimum atomic E-state index is -0.859. The van der Waals surface area contributed by atoms with E-state index in [9.17, 15) is 9.18 Å². The number of ether oxygens (including phenoxy) is 2. The summed E-state index contributed by atoms with van der Waals surface area (Å²) in [6.07, 6.45) is 0. The van der Waals surface area contributed by atoms with E-state index in [0.29, 0.717) is 0 Å². The zero-order valence-electron chi connectivity index (χ0n) is 11.3. The van der Waals surface area contributed by atoms with E-state index >= 15 is 0 Å². The van der Waals surface area contributed by atoms with Gasteiger partial charge >= 0.3 is 0 Å². The van der Waals surface area contributed by atoms with Crippen molar-refractivity contribution in [1.29, 1.82) is 0 Å². The number of amides is 1. The molecular weight excluding hydrogens is 281 g/mol. The summed E-state index contributed by atoms with van der Waals surface area (Å²) in [5.74, 6) is -1.62. The Morgan fingerprint density at radius 3 is 2.33 bits per heavy atom. The number of aromatic hydroxyl groups is 1. The van der Waals surface area contributed by atoms with Crippen molar-refractivity contribution in [2.75, 3.05) is 19.5 Å². The topological polar surface area (TPSA) is 93.6 Å². The Bertz CT molecular complexity index is 656. The number of phenolic OH excluding ortho intramolecular Hbond substituents is 1. The van der Waals surface area contributed by atoms with E-state index in [1.54, 1.807) is 0 Å². The number of benzene rings is 1. The third-order valence-corrected chi connectivity index (χ3v) is 2.52. The molecule has 21 heavy (non-hydrogen) atoms. The number of halogens is 1. The number of rotatable bonds is 4. The molecule has 0 saturated carbocycles. The lowest BCUT2D eigenvalue weighted by Gasteiger charge is -2.08. The molecule has 7 nitrogen and oxygen atoms in total. The molecule has 2 N–H and O–H groups in total. The summed E-state index contributed by atoms with van der Waals surface area (Å²) in [5, 5.41) is 11.4. The normalized spacial score (nSPS) is 10.0. The summed E-state index contributed by atoms with van der Waals surface area (Å²) in [4.78, 5) is 19.7. The maximum absolute atomic E-state index is 13.6. The molecule has 0 aliphatic carbocycles. The fourth-order valence-corrected chi connectivity index (χ4v) is 1.53. The minimum absolute atomic E-state index is 0.0938. The predicted molar refractivity (Wildman–Crippen MR) is 71.2 cm³/mol. The Hall–Kier alpha value is -2.90. The molecule has 0 atom stereocenters. The maximum atomic E-state index is 13.6. The van der Waals surface area contributed by atoms with Crippen LogP contribution in [-0.4, -0.2) is 35.2 Å². The van der Waals surface area contributed by atoms with Crippen LogP contribution in [0.2, 0.25) is 0 Å². The minimum Gasteiger partial charge on any atom is -0.508 e. The van der Waals surface area contributed by atoms with Gasteiger partial charge in [-0.25, -0.2) is 4.39 Å². The zero-order valence-corrected chi connectivity index (χ0v) is 11.3. The lowest BCUT2D eigenvalue weighted by molar-refractivity contribution is 0.102. The van der Waals surface area contributed by atoms with E-state index < -0.39 is 11.7 Å². The number of nitrogens with one attached hydrogen (secondary N) is 1. The number of carbonyl (C=O) groups is 1. The standard InChI is InChI=1S/C13H12FN3O4/c1-20-10-6-11(21-2)16-13(15-10)17-12(19)8-4-3-7(18)5-9(8)14/h3-6,18H,1-2H3,(H,15,16,17,19). The lowest BCUT2D eigenvalue weighted by atomic mass is 10.2. The molecule has 0 aliphatic rings. The van der Waals surface area contributed by atoms with Crippen LogP contribution in [0.1, 0.15) is 10.4 Å². The van der Waals surface area contributed by atoms with Crippen molar-refractivity contribution >= 4 is 11.9 Å². The van der Waals surface area contributed by atoms with Gasteiger partial charge in [0.1, 0.15) is 11.6 Å². The third-order valence-electron chi connectivity index (χ3n) is 2.52. The number of nitrogens with zero attached hydrogens (tertiary/aromatic N) is 2. The summed E-state index contributed by atoms with van der Waals surface area (Å²) in [7, 11) is 2.79. The van der Waals surface area contributed by atoms with Gasteiger partial charge in [-0.2, -0.15) is 9.97 Å². The molecule has 0 fully saturated rings. The van der Waals surface area contributed by atoms with Crippen LogP contribution >= 0.6 is 0 Å². The van der Waals surface area contributed by atoms with Crippen LogP contribution in [0.4, 0.5) is 10.3 Å². The van der Waals surface area contributed by atoms with Gasteiger partial charge in [-0.3, -0.25) is 10.1 Å². The molecule has 0 unspecified atom stereocenters. The van der Waals surface area contributed by atoms with E-state index in [4.69, 9.17) is 14.6 Å². The number of anilines is 1. The number of hydrogen-bond acceptors (Lipinski definition) is 6. The summed E-state index contributed by atoms with van der Waals surface area (Å²) in [6.45, 7) is 0. The van der Waals surface area contributed by atoms with Gasteiger partial charge in [0.05, 0.1) is 25.8 Å². The van der Waals surface area contributed by atoms with Gasteiger partial charge in [0.25, 0.3) is 5.91 Å². The first kappa shape index (κ1) is 14.5. The van der Waals surface area contributed by atoms with E-state index in [2.05, 4.69) is 15.3 Å². The number of aromatic nitrogens is 2. The summed E-state index contributed by atoms with van der Waals surface area (Å²) >= 11 is 0. The quantitative estimate of drug-likeness (QED) is 0.889. The molecule has 0 bridgehead atoms.